The number of hydrogen-bond acceptors (Lipinski definition) is 6. The number of allylic oxidation sites excluding steroid dienone is 30. The maximum atomic E-state index is 12.9. The highest BCUT2D eigenvalue weighted by Gasteiger charge is 2.19. The standard InChI is InChI=1S/C74H114O6/c1-4-7-10-13-16-19-22-25-28-31-32-33-34-35-36-37-38-39-40-41-42-44-46-49-52-55-58-61-64-67-73(76)79-70-71(69-78-72(75)66-63-60-57-54-51-48-45-30-27-24-21-18-15-12-9-6-3)80-74(77)68-65-62-59-56-53-50-47-43-29-26-23-20-17-14-11-8-5-2/h7-8,10-11,16-17,19-21,24-26,28-30,32-33,35-36,38-39,41-42,45-47,49-50,56,59,71H,4-6,9,12-15,18,22-23,27,31,34,37,40,43-44,48,51-55,57-58,60-70H2,1-3H3/b10-7-,11-8-,19-16-,20-17-,24-21-,28-25-,29-26-,33-32-,36-35-,39-38-,42-41-,45-30-,49-46-,50-47-,59-56-. The van der Waals surface area contributed by atoms with Crippen molar-refractivity contribution < 1.29 is 28.6 Å². The van der Waals surface area contributed by atoms with Crippen molar-refractivity contribution in [2.45, 2.75) is 252 Å². The SMILES string of the molecule is CC/C=C\C/C=C\C/C=C\C/C=C\C/C=C\C/C=C\C/C=C\C/C=C\CCCCCCC(=O)OCC(COC(=O)CCCCCCC/C=C\C/C=C\CCCCCC)OC(=O)CCC/C=C\C/C=C\C/C=C\C/C=C\C/C=C\CC. The largest absolute Gasteiger partial charge is 0.462 e. The molecule has 0 rings (SSSR count). The van der Waals surface area contributed by atoms with E-state index in [0.717, 1.165) is 167 Å². The van der Waals surface area contributed by atoms with Crippen LogP contribution in [0.5, 0.6) is 0 Å². The average molecular weight is 1100 g/mol. The quantitative estimate of drug-likeness (QED) is 0.0261. The summed E-state index contributed by atoms with van der Waals surface area (Å²) in [5.41, 5.74) is 0. The molecule has 0 bridgehead atoms. The Morgan fingerprint density at radius 2 is 0.500 bits per heavy atom. The van der Waals surface area contributed by atoms with Crippen LogP contribution in [0.3, 0.4) is 0 Å². The van der Waals surface area contributed by atoms with E-state index < -0.39 is 6.10 Å². The number of hydrogen-bond donors (Lipinski definition) is 0. The number of carbonyl (C=O) groups is 3. The Kier molecular flexibility index (Phi) is 61.5. The van der Waals surface area contributed by atoms with Gasteiger partial charge in [-0.3, -0.25) is 14.4 Å². The van der Waals surface area contributed by atoms with E-state index in [1.54, 1.807) is 0 Å². The Hall–Kier alpha value is -5.49. The number of rotatable bonds is 55. The monoisotopic (exact) mass is 1100 g/mol. The zero-order valence-corrected chi connectivity index (χ0v) is 51.0. The van der Waals surface area contributed by atoms with Crippen LogP contribution in [0.15, 0.2) is 182 Å². The van der Waals surface area contributed by atoms with Crippen molar-refractivity contribution in [3.8, 4) is 0 Å². The Morgan fingerprint density at radius 3 is 0.800 bits per heavy atom. The smallest absolute Gasteiger partial charge is 0.306 e. The van der Waals surface area contributed by atoms with E-state index in [-0.39, 0.29) is 37.5 Å². The maximum absolute atomic E-state index is 12.9. The van der Waals surface area contributed by atoms with Gasteiger partial charge < -0.3 is 14.2 Å². The summed E-state index contributed by atoms with van der Waals surface area (Å²) < 4.78 is 16.8. The molecule has 6 nitrogen and oxygen atoms in total. The van der Waals surface area contributed by atoms with Gasteiger partial charge in [-0.05, 0) is 154 Å². The first-order valence-electron chi connectivity index (χ1n) is 31.8. The fourth-order valence-electron chi connectivity index (χ4n) is 7.93. The highest BCUT2D eigenvalue weighted by atomic mass is 16.6. The molecule has 0 aliphatic rings. The minimum absolute atomic E-state index is 0.125. The summed E-state index contributed by atoms with van der Waals surface area (Å²) in [7, 11) is 0. The second-order valence-corrected chi connectivity index (χ2v) is 20.2. The minimum Gasteiger partial charge on any atom is -0.462 e. The molecule has 6 heteroatoms. The summed E-state index contributed by atoms with van der Waals surface area (Å²) in [4.78, 5) is 38.3. The fourth-order valence-corrected chi connectivity index (χ4v) is 7.93. The zero-order valence-electron chi connectivity index (χ0n) is 51.0. The van der Waals surface area contributed by atoms with E-state index in [0.29, 0.717) is 19.3 Å². The van der Waals surface area contributed by atoms with Gasteiger partial charge >= 0.3 is 17.9 Å². The van der Waals surface area contributed by atoms with Gasteiger partial charge in [-0.1, -0.05) is 254 Å². The van der Waals surface area contributed by atoms with Gasteiger partial charge in [0.1, 0.15) is 13.2 Å². The van der Waals surface area contributed by atoms with E-state index in [4.69, 9.17) is 14.2 Å². The molecule has 0 aromatic rings. The van der Waals surface area contributed by atoms with Crippen LogP contribution in [-0.4, -0.2) is 37.2 Å². The highest BCUT2D eigenvalue weighted by Crippen LogP contribution is 2.12. The van der Waals surface area contributed by atoms with Crippen LogP contribution in [0.1, 0.15) is 245 Å². The van der Waals surface area contributed by atoms with Gasteiger partial charge in [0.2, 0.25) is 0 Å². The van der Waals surface area contributed by atoms with E-state index in [2.05, 4.69) is 203 Å². The molecular formula is C74H114O6. The zero-order chi connectivity index (χ0) is 57.8. The first kappa shape index (κ1) is 74.5. The predicted molar refractivity (Wildman–Crippen MR) is 348 cm³/mol. The van der Waals surface area contributed by atoms with Gasteiger partial charge in [0.05, 0.1) is 0 Å². The lowest BCUT2D eigenvalue weighted by molar-refractivity contribution is -0.167. The van der Waals surface area contributed by atoms with Gasteiger partial charge in [0.15, 0.2) is 6.10 Å². The summed E-state index contributed by atoms with van der Waals surface area (Å²) in [5, 5.41) is 0. The van der Waals surface area contributed by atoms with E-state index in [9.17, 15) is 14.4 Å². The van der Waals surface area contributed by atoms with Crippen LogP contribution in [-0.2, 0) is 28.6 Å². The molecule has 1 atom stereocenters. The summed E-state index contributed by atoms with van der Waals surface area (Å²) >= 11 is 0. The van der Waals surface area contributed by atoms with Crippen molar-refractivity contribution in [2.24, 2.45) is 0 Å². The molecule has 0 saturated heterocycles. The van der Waals surface area contributed by atoms with Gasteiger partial charge in [-0.15, -0.1) is 0 Å². The lowest BCUT2D eigenvalue weighted by Crippen LogP contribution is -2.30. The molecule has 0 fully saturated rings. The predicted octanol–water partition coefficient (Wildman–Crippen LogP) is 22.0. The molecule has 1 unspecified atom stereocenters. The minimum atomic E-state index is -0.836. The normalized spacial score (nSPS) is 13.4. The number of carbonyl (C=O) groups excluding carboxylic acids is 3. The summed E-state index contributed by atoms with van der Waals surface area (Å²) in [5.74, 6) is -1.03. The van der Waals surface area contributed by atoms with Crippen LogP contribution in [0, 0.1) is 0 Å². The van der Waals surface area contributed by atoms with Gasteiger partial charge in [-0.25, -0.2) is 0 Å². The van der Waals surface area contributed by atoms with Crippen molar-refractivity contribution in [1.29, 1.82) is 0 Å². The first-order valence-corrected chi connectivity index (χ1v) is 31.8. The molecule has 80 heavy (non-hydrogen) atoms. The molecule has 0 aromatic carbocycles. The molecule has 446 valence electrons. The van der Waals surface area contributed by atoms with Crippen LogP contribution >= 0.6 is 0 Å². The van der Waals surface area contributed by atoms with E-state index in [1.807, 2.05) is 0 Å². The summed E-state index contributed by atoms with van der Waals surface area (Å²) in [6.45, 7) is 6.30. The van der Waals surface area contributed by atoms with Crippen molar-refractivity contribution in [3.05, 3.63) is 182 Å². The second kappa shape index (κ2) is 66.0. The molecule has 0 aliphatic carbocycles. The second-order valence-electron chi connectivity index (χ2n) is 20.2. The van der Waals surface area contributed by atoms with Crippen molar-refractivity contribution in [2.75, 3.05) is 13.2 Å². The van der Waals surface area contributed by atoms with Crippen LogP contribution in [0.2, 0.25) is 0 Å². The molecule has 0 saturated carbocycles. The Labute approximate surface area is 491 Å². The number of ether oxygens (including phenoxy) is 3. The molecule has 0 aliphatic heterocycles. The van der Waals surface area contributed by atoms with Crippen molar-refractivity contribution in [1.82, 2.24) is 0 Å². The molecule has 0 aromatic heterocycles. The molecule has 0 amide bonds. The van der Waals surface area contributed by atoms with Crippen LogP contribution in [0.4, 0.5) is 0 Å². The van der Waals surface area contributed by atoms with Crippen molar-refractivity contribution >= 4 is 17.9 Å². The number of esters is 3. The van der Waals surface area contributed by atoms with Gasteiger partial charge in [-0.2, -0.15) is 0 Å². The molecule has 0 spiro atoms. The third-order valence-electron chi connectivity index (χ3n) is 12.6. The fraction of sp³-hybridized carbons (Fsp3) is 0.554. The molecule has 0 heterocycles. The van der Waals surface area contributed by atoms with Gasteiger partial charge in [0, 0.05) is 19.3 Å². The lowest BCUT2D eigenvalue weighted by atomic mass is 10.1. The Morgan fingerprint density at radius 1 is 0.263 bits per heavy atom. The summed E-state index contributed by atoms with van der Waals surface area (Å²) in [6.07, 6.45) is 99.0. The van der Waals surface area contributed by atoms with Crippen LogP contribution < -0.4 is 0 Å². The Balaban J connectivity index is 4.52. The van der Waals surface area contributed by atoms with E-state index >= 15 is 0 Å². The lowest BCUT2D eigenvalue weighted by Gasteiger charge is -2.18. The third kappa shape index (κ3) is 63.3. The molecule has 0 radical (unpaired) electrons. The molecule has 0 N–H and O–H groups in total. The highest BCUT2D eigenvalue weighted by molar-refractivity contribution is 5.71. The molecular weight excluding hydrogens is 985 g/mol. The van der Waals surface area contributed by atoms with Crippen LogP contribution in [0.25, 0.3) is 0 Å². The average Bonchev–Trinajstić information content (AvgIpc) is 3.46. The third-order valence-corrected chi connectivity index (χ3v) is 12.6. The number of unbranched alkanes of at least 4 members (excludes halogenated alkanes) is 14. The first-order chi connectivity index (χ1) is 39.5. The summed E-state index contributed by atoms with van der Waals surface area (Å²) in [6, 6.07) is 0. The van der Waals surface area contributed by atoms with Crippen molar-refractivity contribution in [3.63, 3.8) is 0 Å². The maximum Gasteiger partial charge on any atom is 0.306 e. The topological polar surface area (TPSA) is 78.9 Å². The Bertz CT molecular complexity index is 1890. The van der Waals surface area contributed by atoms with Gasteiger partial charge in [0.25, 0.3) is 0 Å². The van der Waals surface area contributed by atoms with E-state index in [1.165, 1.54) is 32.1 Å².